The van der Waals surface area contributed by atoms with Gasteiger partial charge >= 0.3 is 5.97 Å². The number of nitrogens with zero attached hydrogens (tertiary/aromatic N) is 1. The van der Waals surface area contributed by atoms with E-state index in [1.54, 1.807) is 4.90 Å². The summed E-state index contributed by atoms with van der Waals surface area (Å²) in [6, 6.07) is -0.625. The fourth-order valence-electron chi connectivity index (χ4n) is 2.31. The summed E-state index contributed by atoms with van der Waals surface area (Å²) >= 11 is 0. The quantitative estimate of drug-likeness (QED) is 0.799. The molecule has 1 amide bonds. The first kappa shape index (κ1) is 13.0. The third-order valence-electron chi connectivity index (χ3n) is 3.09. The van der Waals surface area contributed by atoms with Crippen molar-refractivity contribution in [1.82, 2.24) is 4.90 Å². The first-order chi connectivity index (χ1) is 7.43. The SMILES string of the molecule is CC(C)CC(=O)N1CCCC(C)C1C(=O)O. The third kappa shape index (κ3) is 2.97. The highest BCUT2D eigenvalue weighted by Gasteiger charge is 2.36. The molecule has 0 aromatic rings. The predicted octanol–water partition coefficient (Wildman–Crippen LogP) is 1.74. The van der Waals surface area contributed by atoms with Gasteiger partial charge in [-0.15, -0.1) is 0 Å². The summed E-state index contributed by atoms with van der Waals surface area (Å²) in [5.41, 5.74) is 0. The van der Waals surface area contributed by atoms with E-state index < -0.39 is 12.0 Å². The summed E-state index contributed by atoms with van der Waals surface area (Å²) in [6.45, 7) is 6.45. The minimum atomic E-state index is -0.871. The van der Waals surface area contributed by atoms with Crippen molar-refractivity contribution in [2.45, 2.75) is 46.1 Å². The van der Waals surface area contributed by atoms with Gasteiger partial charge in [-0.2, -0.15) is 0 Å². The van der Waals surface area contributed by atoms with Gasteiger partial charge in [-0.3, -0.25) is 4.79 Å². The van der Waals surface area contributed by atoms with Crippen LogP contribution in [0.5, 0.6) is 0 Å². The van der Waals surface area contributed by atoms with Gasteiger partial charge in [0.15, 0.2) is 0 Å². The molecule has 1 N–H and O–H groups in total. The zero-order chi connectivity index (χ0) is 12.3. The monoisotopic (exact) mass is 227 g/mol. The largest absolute Gasteiger partial charge is 0.480 e. The van der Waals surface area contributed by atoms with Crippen LogP contribution in [0.1, 0.15) is 40.0 Å². The normalized spacial score (nSPS) is 25.9. The Morgan fingerprint density at radius 2 is 2.06 bits per heavy atom. The van der Waals surface area contributed by atoms with E-state index in [-0.39, 0.29) is 17.7 Å². The molecule has 0 radical (unpaired) electrons. The molecule has 0 spiro atoms. The Labute approximate surface area is 96.6 Å². The Bertz CT molecular complexity index is 275. The lowest BCUT2D eigenvalue weighted by atomic mass is 9.90. The Balaban J connectivity index is 2.75. The van der Waals surface area contributed by atoms with Crippen LogP contribution in [0.4, 0.5) is 0 Å². The number of carboxylic acid groups (broad SMARTS) is 1. The lowest BCUT2D eigenvalue weighted by Gasteiger charge is -2.37. The number of amides is 1. The molecule has 1 heterocycles. The van der Waals surface area contributed by atoms with Crippen LogP contribution in [0.15, 0.2) is 0 Å². The number of hydrogen-bond donors (Lipinski definition) is 1. The highest BCUT2D eigenvalue weighted by atomic mass is 16.4. The van der Waals surface area contributed by atoms with Crippen molar-refractivity contribution in [2.24, 2.45) is 11.8 Å². The van der Waals surface area contributed by atoms with Crippen molar-refractivity contribution in [1.29, 1.82) is 0 Å². The van der Waals surface area contributed by atoms with Gasteiger partial charge in [-0.25, -0.2) is 4.79 Å². The maximum absolute atomic E-state index is 11.9. The van der Waals surface area contributed by atoms with E-state index in [0.29, 0.717) is 13.0 Å². The van der Waals surface area contributed by atoms with Gasteiger partial charge in [0.25, 0.3) is 0 Å². The molecular formula is C12H21NO3. The first-order valence-electron chi connectivity index (χ1n) is 5.95. The lowest BCUT2D eigenvalue weighted by molar-refractivity contribution is -0.155. The molecule has 1 aliphatic heterocycles. The molecule has 16 heavy (non-hydrogen) atoms. The Kier molecular flexibility index (Phi) is 4.33. The van der Waals surface area contributed by atoms with Crippen LogP contribution in [-0.4, -0.2) is 34.5 Å². The summed E-state index contributed by atoms with van der Waals surface area (Å²) in [5.74, 6) is -0.556. The number of aliphatic carboxylic acids is 1. The lowest BCUT2D eigenvalue weighted by Crippen LogP contribution is -2.52. The fraction of sp³-hybridized carbons (Fsp3) is 0.833. The minimum Gasteiger partial charge on any atom is -0.480 e. The number of piperidine rings is 1. The molecule has 0 aromatic heterocycles. The summed E-state index contributed by atoms with van der Waals surface area (Å²) in [6.07, 6.45) is 2.24. The zero-order valence-corrected chi connectivity index (χ0v) is 10.3. The van der Waals surface area contributed by atoms with E-state index in [0.717, 1.165) is 12.8 Å². The van der Waals surface area contributed by atoms with Gasteiger partial charge in [0.05, 0.1) is 0 Å². The van der Waals surface area contributed by atoms with Crippen molar-refractivity contribution in [3.8, 4) is 0 Å². The average molecular weight is 227 g/mol. The number of rotatable bonds is 3. The number of carboxylic acids is 1. The molecule has 0 aliphatic carbocycles. The maximum atomic E-state index is 11.9. The molecule has 2 unspecified atom stereocenters. The van der Waals surface area contributed by atoms with Crippen LogP contribution < -0.4 is 0 Å². The molecule has 2 atom stereocenters. The highest BCUT2D eigenvalue weighted by molar-refractivity contribution is 5.84. The molecule has 4 nitrogen and oxygen atoms in total. The van der Waals surface area contributed by atoms with E-state index >= 15 is 0 Å². The van der Waals surface area contributed by atoms with Gasteiger partial charge in [-0.05, 0) is 24.7 Å². The highest BCUT2D eigenvalue weighted by Crippen LogP contribution is 2.24. The molecule has 1 fully saturated rings. The number of likely N-dealkylation sites (tertiary alicyclic amines) is 1. The summed E-state index contributed by atoms with van der Waals surface area (Å²) in [7, 11) is 0. The van der Waals surface area contributed by atoms with E-state index in [1.165, 1.54) is 0 Å². The second kappa shape index (κ2) is 5.32. The molecule has 0 saturated carbocycles. The van der Waals surface area contributed by atoms with Gasteiger partial charge < -0.3 is 10.0 Å². The molecule has 0 aromatic carbocycles. The first-order valence-corrected chi connectivity index (χ1v) is 5.95. The van der Waals surface area contributed by atoms with Crippen LogP contribution in [0, 0.1) is 11.8 Å². The van der Waals surface area contributed by atoms with E-state index in [9.17, 15) is 9.59 Å². The number of carbonyl (C=O) groups is 2. The predicted molar refractivity (Wildman–Crippen MR) is 61.0 cm³/mol. The topological polar surface area (TPSA) is 57.6 Å². The van der Waals surface area contributed by atoms with Crippen molar-refractivity contribution < 1.29 is 14.7 Å². The molecule has 1 rings (SSSR count). The second-order valence-corrected chi connectivity index (χ2v) is 5.09. The van der Waals surface area contributed by atoms with Crippen molar-refractivity contribution in [2.75, 3.05) is 6.54 Å². The van der Waals surface area contributed by atoms with Crippen molar-refractivity contribution in [3.63, 3.8) is 0 Å². The smallest absolute Gasteiger partial charge is 0.326 e. The second-order valence-electron chi connectivity index (χ2n) is 5.09. The molecule has 4 heteroatoms. The Hall–Kier alpha value is -1.06. The molecule has 0 bridgehead atoms. The van der Waals surface area contributed by atoms with Gasteiger partial charge in [0.1, 0.15) is 6.04 Å². The minimum absolute atomic E-state index is 0.0195. The van der Waals surface area contributed by atoms with Crippen LogP contribution in [0.25, 0.3) is 0 Å². The Morgan fingerprint density at radius 3 is 2.56 bits per heavy atom. The van der Waals surface area contributed by atoms with E-state index in [1.807, 2.05) is 20.8 Å². The molecule has 1 aliphatic rings. The molecular weight excluding hydrogens is 206 g/mol. The third-order valence-corrected chi connectivity index (χ3v) is 3.09. The van der Waals surface area contributed by atoms with Crippen LogP contribution in [0.3, 0.4) is 0 Å². The Morgan fingerprint density at radius 1 is 1.44 bits per heavy atom. The molecule has 92 valence electrons. The standard InChI is InChI=1S/C12H21NO3/c1-8(2)7-10(14)13-6-4-5-9(3)11(13)12(15)16/h8-9,11H,4-7H2,1-3H3,(H,15,16). The summed E-state index contributed by atoms with van der Waals surface area (Å²) < 4.78 is 0. The van der Waals surface area contributed by atoms with Crippen LogP contribution >= 0.6 is 0 Å². The maximum Gasteiger partial charge on any atom is 0.326 e. The van der Waals surface area contributed by atoms with E-state index in [2.05, 4.69) is 0 Å². The van der Waals surface area contributed by atoms with Gasteiger partial charge in [0, 0.05) is 13.0 Å². The fourth-order valence-corrected chi connectivity index (χ4v) is 2.31. The number of carbonyl (C=O) groups excluding carboxylic acids is 1. The van der Waals surface area contributed by atoms with Crippen molar-refractivity contribution in [3.05, 3.63) is 0 Å². The number of hydrogen-bond acceptors (Lipinski definition) is 2. The summed E-state index contributed by atoms with van der Waals surface area (Å²) in [5, 5.41) is 9.17. The summed E-state index contributed by atoms with van der Waals surface area (Å²) in [4.78, 5) is 24.7. The average Bonchev–Trinajstić information content (AvgIpc) is 2.15. The van der Waals surface area contributed by atoms with Gasteiger partial charge in [0.2, 0.25) is 5.91 Å². The van der Waals surface area contributed by atoms with Crippen LogP contribution in [0.2, 0.25) is 0 Å². The van der Waals surface area contributed by atoms with E-state index in [4.69, 9.17) is 5.11 Å². The molecule has 1 saturated heterocycles. The van der Waals surface area contributed by atoms with Crippen LogP contribution in [-0.2, 0) is 9.59 Å². The van der Waals surface area contributed by atoms with Crippen molar-refractivity contribution >= 4 is 11.9 Å². The zero-order valence-electron chi connectivity index (χ0n) is 10.3. The van der Waals surface area contributed by atoms with Gasteiger partial charge in [-0.1, -0.05) is 20.8 Å².